The van der Waals surface area contributed by atoms with Crippen LogP contribution in [0.15, 0.2) is 41.3 Å². The van der Waals surface area contributed by atoms with Crippen LogP contribution >= 0.6 is 11.6 Å². The predicted molar refractivity (Wildman–Crippen MR) is 116 cm³/mol. The number of halogens is 1. The number of amides is 1. The van der Waals surface area contributed by atoms with Gasteiger partial charge >= 0.3 is 0 Å². The highest BCUT2D eigenvalue weighted by molar-refractivity contribution is 7.89. The number of rotatable bonds is 5. The minimum absolute atomic E-state index is 0.0133. The lowest BCUT2D eigenvalue weighted by Crippen LogP contribution is -2.23. The van der Waals surface area contributed by atoms with Crippen LogP contribution in [0.25, 0.3) is 5.82 Å². The van der Waals surface area contributed by atoms with E-state index in [9.17, 15) is 13.2 Å². The third-order valence-electron chi connectivity index (χ3n) is 4.48. The third kappa shape index (κ3) is 4.23. The molecule has 2 heterocycles. The second-order valence-corrected chi connectivity index (χ2v) is 9.59. The van der Waals surface area contributed by atoms with E-state index in [2.05, 4.69) is 15.4 Å². The van der Waals surface area contributed by atoms with Gasteiger partial charge in [-0.1, -0.05) is 17.7 Å². The number of anilines is 1. The summed E-state index contributed by atoms with van der Waals surface area (Å²) in [5.41, 5.74) is 2.60. The van der Waals surface area contributed by atoms with Gasteiger partial charge in [0.2, 0.25) is 10.0 Å². The lowest BCUT2D eigenvalue weighted by atomic mass is 10.2. The molecule has 0 atom stereocenters. The zero-order valence-electron chi connectivity index (χ0n) is 17.3. The quantitative estimate of drug-likeness (QED) is 0.646. The van der Waals surface area contributed by atoms with Crippen LogP contribution in [0.3, 0.4) is 0 Å². The summed E-state index contributed by atoms with van der Waals surface area (Å²) in [6.07, 6.45) is 0. The fraction of sp³-hybridized carbons (Fsp3) is 0.250. The van der Waals surface area contributed by atoms with Crippen molar-refractivity contribution >= 4 is 33.2 Å². The SMILES string of the molecule is Cc1cc(C)n(-c2ccc(Cl)c(C(=O)Nc3ccc(C)c(S(=O)(=O)N(C)C)c3)n2)n1. The van der Waals surface area contributed by atoms with E-state index in [-0.39, 0.29) is 15.6 Å². The molecule has 10 heteroatoms. The van der Waals surface area contributed by atoms with E-state index in [1.807, 2.05) is 19.9 Å². The van der Waals surface area contributed by atoms with Gasteiger partial charge in [-0.25, -0.2) is 22.4 Å². The molecule has 0 unspecified atom stereocenters. The molecule has 30 heavy (non-hydrogen) atoms. The van der Waals surface area contributed by atoms with Crippen LogP contribution < -0.4 is 5.32 Å². The van der Waals surface area contributed by atoms with E-state index in [0.717, 1.165) is 15.7 Å². The molecule has 1 aromatic carbocycles. The Kier molecular flexibility index (Phi) is 5.98. The Balaban J connectivity index is 1.95. The molecule has 0 fully saturated rings. The highest BCUT2D eigenvalue weighted by Crippen LogP contribution is 2.24. The van der Waals surface area contributed by atoms with Gasteiger partial charge in [0.1, 0.15) is 5.69 Å². The van der Waals surface area contributed by atoms with Gasteiger partial charge in [-0.05, 0) is 56.7 Å². The highest BCUT2D eigenvalue weighted by Gasteiger charge is 2.21. The van der Waals surface area contributed by atoms with E-state index in [1.165, 1.54) is 20.2 Å². The molecule has 1 N–H and O–H groups in total. The van der Waals surface area contributed by atoms with Crippen LogP contribution in [-0.2, 0) is 10.0 Å². The van der Waals surface area contributed by atoms with Gasteiger partial charge in [0.05, 0.1) is 15.6 Å². The summed E-state index contributed by atoms with van der Waals surface area (Å²) in [5, 5.41) is 7.22. The average Bonchev–Trinajstić information content (AvgIpc) is 3.01. The molecule has 0 saturated carbocycles. The smallest absolute Gasteiger partial charge is 0.275 e. The largest absolute Gasteiger partial charge is 0.321 e. The Morgan fingerprint density at radius 3 is 2.40 bits per heavy atom. The molecule has 2 aromatic heterocycles. The van der Waals surface area contributed by atoms with Crippen molar-refractivity contribution in [1.82, 2.24) is 19.1 Å². The molecule has 8 nitrogen and oxygen atoms in total. The summed E-state index contributed by atoms with van der Waals surface area (Å²) in [6.45, 7) is 5.44. The molecule has 0 radical (unpaired) electrons. The van der Waals surface area contributed by atoms with E-state index in [1.54, 1.807) is 35.9 Å². The summed E-state index contributed by atoms with van der Waals surface area (Å²) in [7, 11) is -0.750. The monoisotopic (exact) mass is 447 g/mol. The second kappa shape index (κ2) is 8.17. The molecule has 3 rings (SSSR count). The number of nitrogens with zero attached hydrogens (tertiary/aromatic N) is 4. The molecule has 0 spiro atoms. The lowest BCUT2D eigenvalue weighted by Gasteiger charge is -2.15. The zero-order chi connectivity index (χ0) is 22.2. The molecule has 0 aliphatic heterocycles. The highest BCUT2D eigenvalue weighted by atomic mass is 35.5. The van der Waals surface area contributed by atoms with Crippen molar-refractivity contribution in [2.75, 3.05) is 19.4 Å². The average molecular weight is 448 g/mol. The van der Waals surface area contributed by atoms with E-state index < -0.39 is 15.9 Å². The standard InChI is InChI=1S/C20H22ClN5O3S/c1-12-6-7-15(11-17(12)30(28,29)25(4)5)22-20(27)19-16(21)8-9-18(23-19)26-14(3)10-13(2)24-26/h6-11H,1-5H3,(H,22,27). The maximum atomic E-state index is 12.8. The van der Waals surface area contributed by atoms with Crippen molar-refractivity contribution in [3.63, 3.8) is 0 Å². The van der Waals surface area contributed by atoms with Crippen LogP contribution in [0, 0.1) is 20.8 Å². The first-order valence-electron chi connectivity index (χ1n) is 9.05. The summed E-state index contributed by atoms with van der Waals surface area (Å²) in [5.74, 6) is -0.102. The Morgan fingerprint density at radius 2 is 1.80 bits per heavy atom. The Bertz CT molecular complexity index is 1240. The van der Waals surface area contributed by atoms with Crippen molar-refractivity contribution in [3.8, 4) is 5.82 Å². The minimum atomic E-state index is -3.66. The fourth-order valence-electron chi connectivity index (χ4n) is 2.91. The van der Waals surface area contributed by atoms with E-state index >= 15 is 0 Å². The van der Waals surface area contributed by atoms with Crippen molar-refractivity contribution in [1.29, 1.82) is 0 Å². The number of hydrogen-bond donors (Lipinski definition) is 1. The van der Waals surface area contributed by atoms with Gasteiger partial charge in [0, 0.05) is 25.5 Å². The first-order chi connectivity index (χ1) is 14.0. The van der Waals surface area contributed by atoms with Crippen molar-refractivity contribution in [2.24, 2.45) is 0 Å². The number of carbonyl (C=O) groups excluding carboxylic acids is 1. The van der Waals surface area contributed by atoms with Gasteiger partial charge in [-0.2, -0.15) is 5.10 Å². The molecular weight excluding hydrogens is 426 g/mol. The number of pyridine rings is 1. The van der Waals surface area contributed by atoms with Crippen molar-refractivity contribution < 1.29 is 13.2 Å². The number of nitrogens with one attached hydrogen (secondary N) is 1. The number of benzene rings is 1. The number of hydrogen-bond acceptors (Lipinski definition) is 5. The van der Waals surface area contributed by atoms with Crippen molar-refractivity contribution in [3.05, 3.63) is 64.1 Å². The summed E-state index contributed by atoms with van der Waals surface area (Å²) in [6, 6.07) is 9.82. The summed E-state index contributed by atoms with van der Waals surface area (Å²) >= 11 is 6.20. The topological polar surface area (TPSA) is 97.2 Å². The second-order valence-electron chi connectivity index (χ2n) is 7.06. The summed E-state index contributed by atoms with van der Waals surface area (Å²) < 4.78 is 27.8. The third-order valence-corrected chi connectivity index (χ3v) is 6.74. The molecule has 0 saturated heterocycles. The molecular formula is C20H22ClN5O3S. The Labute approximate surface area is 180 Å². The molecule has 158 valence electrons. The Hall–Kier alpha value is -2.75. The van der Waals surface area contributed by atoms with Crippen LogP contribution in [0.1, 0.15) is 27.4 Å². The molecule has 1 amide bonds. The molecule has 0 bridgehead atoms. The number of sulfonamides is 1. The number of aryl methyl sites for hydroxylation is 3. The van der Waals surface area contributed by atoms with E-state index in [0.29, 0.717) is 17.1 Å². The van der Waals surface area contributed by atoms with Gasteiger partial charge in [-0.3, -0.25) is 4.79 Å². The van der Waals surface area contributed by atoms with Gasteiger partial charge in [0.15, 0.2) is 5.82 Å². The maximum absolute atomic E-state index is 12.8. The van der Waals surface area contributed by atoms with Gasteiger partial charge in [-0.15, -0.1) is 0 Å². The van der Waals surface area contributed by atoms with E-state index in [4.69, 9.17) is 11.6 Å². The molecule has 0 aliphatic rings. The first-order valence-corrected chi connectivity index (χ1v) is 10.9. The van der Waals surface area contributed by atoms with Crippen LogP contribution in [0.4, 0.5) is 5.69 Å². The molecule has 3 aromatic rings. The maximum Gasteiger partial charge on any atom is 0.275 e. The lowest BCUT2D eigenvalue weighted by molar-refractivity contribution is 0.102. The van der Waals surface area contributed by atoms with Crippen LogP contribution in [-0.4, -0.2) is 47.5 Å². The van der Waals surface area contributed by atoms with Crippen LogP contribution in [0.5, 0.6) is 0 Å². The van der Waals surface area contributed by atoms with Crippen LogP contribution in [0.2, 0.25) is 5.02 Å². The van der Waals surface area contributed by atoms with Gasteiger partial charge in [0.25, 0.3) is 5.91 Å². The summed E-state index contributed by atoms with van der Waals surface area (Å²) in [4.78, 5) is 17.3. The van der Waals surface area contributed by atoms with Gasteiger partial charge < -0.3 is 5.32 Å². The fourth-order valence-corrected chi connectivity index (χ4v) is 4.25. The predicted octanol–water partition coefficient (Wildman–Crippen LogP) is 3.35. The first kappa shape index (κ1) is 21.9. The number of aromatic nitrogens is 3. The minimum Gasteiger partial charge on any atom is -0.321 e. The number of carbonyl (C=O) groups is 1. The zero-order valence-corrected chi connectivity index (χ0v) is 18.8. The Morgan fingerprint density at radius 1 is 1.10 bits per heavy atom. The molecule has 0 aliphatic carbocycles. The van der Waals surface area contributed by atoms with Crippen molar-refractivity contribution in [2.45, 2.75) is 25.7 Å². The normalized spacial score (nSPS) is 11.7.